The number of anilines is 1. The lowest BCUT2D eigenvalue weighted by Gasteiger charge is -2.46. The number of aromatic nitrogens is 4. The van der Waals surface area contributed by atoms with Crippen LogP contribution < -0.4 is 4.90 Å². The largest absolute Gasteiger partial charge is 0.465 e. The number of nitrogens with zero attached hydrogens (tertiary/aromatic N) is 6. The summed E-state index contributed by atoms with van der Waals surface area (Å²) >= 11 is 12.6. The topological polar surface area (TPSA) is 76.4 Å². The van der Waals surface area contributed by atoms with Crippen molar-refractivity contribution in [3.05, 3.63) is 45.7 Å². The lowest BCUT2D eigenvalue weighted by Crippen LogP contribution is -2.54. The first kappa shape index (κ1) is 25.2. The van der Waals surface area contributed by atoms with Gasteiger partial charge in [0.15, 0.2) is 5.65 Å². The number of carbonyl (C=O) groups is 1. The number of esters is 1. The highest BCUT2D eigenvalue weighted by Gasteiger charge is 2.37. The molecule has 36 heavy (non-hydrogen) atoms. The van der Waals surface area contributed by atoms with Gasteiger partial charge in [0.1, 0.15) is 11.3 Å². The lowest BCUT2D eigenvalue weighted by atomic mass is 9.80. The van der Waals surface area contributed by atoms with Gasteiger partial charge >= 0.3 is 5.97 Å². The van der Waals surface area contributed by atoms with Gasteiger partial charge in [-0.2, -0.15) is 5.10 Å². The van der Waals surface area contributed by atoms with Crippen molar-refractivity contribution in [3.8, 4) is 0 Å². The zero-order chi connectivity index (χ0) is 25.4. The van der Waals surface area contributed by atoms with Gasteiger partial charge in [0.05, 0.1) is 31.1 Å². The maximum atomic E-state index is 11.9. The van der Waals surface area contributed by atoms with Crippen LogP contribution in [-0.4, -0.2) is 69.9 Å². The molecular weight excluding hydrogens is 499 g/mol. The summed E-state index contributed by atoms with van der Waals surface area (Å²) in [6.45, 7) is 10.5. The highest BCUT2D eigenvalue weighted by Crippen LogP contribution is 2.35. The molecule has 4 heterocycles. The third kappa shape index (κ3) is 5.04. The van der Waals surface area contributed by atoms with E-state index in [1.807, 2.05) is 36.9 Å². The maximum Gasteiger partial charge on any atom is 0.320 e. The molecule has 2 fully saturated rings. The molecule has 0 amide bonds. The Bertz CT molecular complexity index is 1260. The van der Waals surface area contributed by atoms with E-state index in [0.29, 0.717) is 35.0 Å². The van der Waals surface area contributed by atoms with Crippen molar-refractivity contribution in [2.75, 3.05) is 44.2 Å². The van der Waals surface area contributed by atoms with Crippen molar-refractivity contribution in [2.24, 2.45) is 11.8 Å². The molecule has 2 aliphatic heterocycles. The number of carbonyl (C=O) groups excluding carboxylic acids is 1. The smallest absolute Gasteiger partial charge is 0.320 e. The summed E-state index contributed by atoms with van der Waals surface area (Å²) in [6, 6.07) is 5.41. The summed E-state index contributed by atoms with van der Waals surface area (Å²) in [7, 11) is 0. The number of halogens is 2. The summed E-state index contributed by atoms with van der Waals surface area (Å²) < 4.78 is 7.04. The molecule has 1 aromatic carbocycles. The third-order valence-electron chi connectivity index (χ3n) is 7.44. The van der Waals surface area contributed by atoms with E-state index >= 15 is 0 Å². The fraction of sp³-hybridized carbons (Fsp3) is 0.538. The van der Waals surface area contributed by atoms with E-state index in [0.717, 1.165) is 60.8 Å². The average Bonchev–Trinajstić information content (AvgIpc) is 3.14. The Morgan fingerprint density at radius 3 is 2.78 bits per heavy atom. The predicted molar refractivity (Wildman–Crippen MR) is 142 cm³/mol. The Morgan fingerprint density at radius 2 is 2.03 bits per heavy atom. The standard InChI is InChI=1S/C26H32Cl2N6O2/c1-4-36-24(35)15-32-9-5-6-18(12-32)19-13-33(14-19)23-11-29-25-16(2)31-34(26(25)30-23)17(3)21-8-7-20(27)10-22(21)28/h7-8,10-11,17-19H,4-6,9,12-15H2,1-3H3/t17-,18?/m1/s1. The average molecular weight is 531 g/mol. The zero-order valence-corrected chi connectivity index (χ0v) is 22.5. The number of fused-ring (bicyclic) bond motifs is 1. The van der Waals surface area contributed by atoms with Crippen LogP contribution in [0.25, 0.3) is 11.2 Å². The number of hydrogen-bond donors (Lipinski definition) is 0. The molecule has 2 atom stereocenters. The molecule has 2 saturated heterocycles. The minimum atomic E-state index is -0.127. The van der Waals surface area contributed by atoms with Gasteiger partial charge in [0.2, 0.25) is 0 Å². The molecule has 0 saturated carbocycles. The molecule has 0 aliphatic carbocycles. The van der Waals surface area contributed by atoms with E-state index in [1.54, 1.807) is 6.07 Å². The second kappa shape index (κ2) is 10.5. The van der Waals surface area contributed by atoms with E-state index in [4.69, 9.17) is 43.0 Å². The van der Waals surface area contributed by atoms with Gasteiger partial charge in [-0.15, -0.1) is 0 Å². The first-order valence-corrected chi connectivity index (χ1v) is 13.4. The van der Waals surface area contributed by atoms with Crippen LogP contribution in [0.5, 0.6) is 0 Å². The van der Waals surface area contributed by atoms with Crippen molar-refractivity contribution >= 4 is 46.2 Å². The molecule has 3 aromatic rings. The van der Waals surface area contributed by atoms with Gasteiger partial charge in [-0.1, -0.05) is 29.3 Å². The van der Waals surface area contributed by atoms with E-state index < -0.39 is 0 Å². The Kier molecular flexibility index (Phi) is 7.37. The van der Waals surface area contributed by atoms with Gasteiger partial charge in [0, 0.05) is 29.7 Å². The van der Waals surface area contributed by atoms with Crippen molar-refractivity contribution in [3.63, 3.8) is 0 Å². The minimum Gasteiger partial charge on any atom is -0.465 e. The fourth-order valence-corrected chi connectivity index (χ4v) is 6.01. The van der Waals surface area contributed by atoms with Gasteiger partial charge in [-0.3, -0.25) is 9.69 Å². The van der Waals surface area contributed by atoms with E-state index in [-0.39, 0.29) is 12.0 Å². The molecule has 0 radical (unpaired) electrons. The quantitative estimate of drug-likeness (QED) is 0.407. The van der Waals surface area contributed by atoms with E-state index in [1.165, 1.54) is 6.42 Å². The summed E-state index contributed by atoms with van der Waals surface area (Å²) in [5.41, 5.74) is 3.33. The molecule has 8 nitrogen and oxygen atoms in total. The van der Waals surface area contributed by atoms with E-state index in [2.05, 4.69) is 16.7 Å². The van der Waals surface area contributed by atoms with Crippen LogP contribution in [0.2, 0.25) is 10.0 Å². The number of likely N-dealkylation sites (tertiary alicyclic amines) is 1. The van der Waals surface area contributed by atoms with Crippen molar-refractivity contribution in [1.29, 1.82) is 0 Å². The third-order valence-corrected chi connectivity index (χ3v) is 8.00. The van der Waals surface area contributed by atoms with Crippen molar-refractivity contribution in [1.82, 2.24) is 24.6 Å². The maximum absolute atomic E-state index is 11.9. The molecule has 1 unspecified atom stereocenters. The Morgan fingerprint density at radius 1 is 1.22 bits per heavy atom. The van der Waals surface area contributed by atoms with Crippen LogP contribution in [0, 0.1) is 18.8 Å². The van der Waals surface area contributed by atoms with Gasteiger partial charge in [-0.25, -0.2) is 14.6 Å². The SMILES string of the molecule is CCOC(=O)CN1CCCC(C2CN(c3cnc4c(C)nn([C@H](C)c5ccc(Cl)cc5Cl)c4n3)C2)C1. The Labute approximate surface area is 221 Å². The first-order chi connectivity index (χ1) is 17.3. The first-order valence-electron chi connectivity index (χ1n) is 12.6. The molecule has 0 N–H and O–H groups in total. The molecule has 0 bridgehead atoms. The molecule has 192 valence electrons. The second-order valence-electron chi connectivity index (χ2n) is 9.88. The lowest BCUT2D eigenvalue weighted by molar-refractivity contribution is -0.145. The van der Waals surface area contributed by atoms with Crippen LogP contribution >= 0.6 is 23.2 Å². The summed E-state index contributed by atoms with van der Waals surface area (Å²) in [6.07, 6.45) is 4.18. The number of aryl methyl sites for hydroxylation is 1. The highest BCUT2D eigenvalue weighted by atomic mass is 35.5. The van der Waals surface area contributed by atoms with Crippen molar-refractivity contribution < 1.29 is 9.53 Å². The number of hydrogen-bond acceptors (Lipinski definition) is 7. The summed E-state index contributed by atoms with van der Waals surface area (Å²) in [5, 5.41) is 5.96. The molecular formula is C26H32Cl2N6O2. The fourth-order valence-electron chi connectivity index (χ4n) is 5.44. The monoisotopic (exact) mass is 530 g/mol. The van der Waals surface area contributed by atoms with E-state index in [9.17, 15) is 4.79 Å². The van der Waals surface area contributed by atoms with Crippen LogP contribution in [0.3, 0.4) is 0 Å². The molecule has 0 spiro atoms. The van der Waals surface area contributed by atoms with Gasteiger partial charge < -0.3 is 9.64 Å². The molecule has 10 heteroatoms. The summed E-state index contributed by atoms with van der Waals surface area (Å²) in [5.74, 6) is 1.92. The Hall–Kier alpha value is -2.42. The summed E-state index contributed by atoms with van der Waals surface area (Å²) in [4.78, 5) is 26.1. The van der Waals surface area contributed by atoms with Crippen LogP contribution in [-0.2, 0) is 9.53 Å². The highest BCUT2D eigenvalue weighted by molar-refractivity contribution is 6.35. The molecule has 2 aromatic heterocycles. The normalized spacial score (nSPS) is 19.9. The minimum absolute atomic E-state index is 0.118. The number of rotatable bonds is 7. The van der Waals surface area contributed by atoms with Crippen molar-refractivity contribution in [2.45, 2.75) is 39.7 Å². The zero-order valence-electron chi connectivity index (χ0n) is 21.0. The van der Waals surface area contributed by atoms with Crippen LogP contribution in [0.15, 0.2) is 24.4 Å². The molecule has 2 aliphatic rings. The predicted octanol–water partition coefficient (Wildman–Crippen LogP) is 4.76. The van der Waals surface area contributed by atoms with Gasteiger partial charge in [0.25, 0.3) is 0 Å². The molecule has 5 rings (SSSR count). The van der Waals surface area contributed by atoms with Crippen LogP contribution in [0.1, 0.15) is 44.0 Å². The van der Waals surface area contributed by atoms with Crippen LogP contribution in [0.4, 0.5) is 5.82 Å². The second-order valence-corrected chi connectivity index (χ2v) is 10.7. The number of benzene rings is 1. The number of piperidine rings is 1. The van der Waals surface area contributed by atoms with Gasteiger partial charge in [-0.05, 0) is 69.7 Å². The Balaban J connectivity index is 1.29. The number of ether oxygens (including phenoxy) is 1.